The minimum Gasteiger partial charge on any atom is -0.362 e. The van der Waals surface area contributed by atoms with Gasteiger partial charge in [0.25, 0.3) is 5.91 Å². The molecular weight excluding hydrogens is 317 g/mol. The van der Waals surface area contributed by atoms with Gasteiger partial charge >= 0.3 is 0 Å². The van der Waals surface area contributed by atoms with Gasteiger partial charge < -0.3 is 10.2 Å². The Morgan fingerprint density at radius 2 is 1.88 bits per heavy atom. The Hall–Kier alpha value is -2.43. The lowest BCUT2D eigenvalue weighted by Crippen LogP contribution is -2.39. The number of pyridine rings is 1. The minimum atomic E-state index is -0.230. The summed E-state index contributed by atoms with van der Waals surface area (Å²) < 4.78 is 13.3. The monoisotopic (exact) mass is 341 g/mol. The van der Waals surface area contributed by atoms with Crippen molar-refractivity contribution in [3.05, 3.63) is 59.5 Å². The van der Waals surface area contributed by atoms with Crippen LogP contribution in [0.25, 0.3) is 0 Å². The zero-order valence-electron chi connectivity index (χ0n) is 14.8. The summed E-state index contributed by atoms with van der Waals surface area (Å²) in [5.74, 6) is 0.305. The Kier molecular flexibility index (Phi) is 5.02. The number of anilines is 1. The molecule has 25 heavy (non-hydrogen) atoms. The Bertz CT molecular complexity index is 737. The number of rotatable bonds is 5. The van der Waals surface area contributed by atoms with E-state index in [0.717, 1.165) is 31.2 Å². The first-order valence-electron chi connectivity index (χ1n) is 8.68. The molecule has 5 heteroatoms. The van der Waals surface area contributed by atoms with Crippen molar-refractivity contribution in [1.29, 1.82) is 0 Å². The van der Waals surface area contributed by atoms with Crippen molar-refractivity contribution in [2.75, 3.05) is 25.5 Å². The van der Waals surface area contributed by atoms with E-state index in [2.05, 4.69) is 10.3 Å². The predicted octanol–water partition coefficient (Wildman–Crippen LogP) is 3.53. The molecule has 3 rings (SSSR count). The van der Waals surface area contributed by atoms with Crippen LogP contribution in [0.4, 0.5) is 10.2 Å². The maximum absolute atomic E-state index is 13.3. The van der Waals surface area contributed by atoms with Crippen molar-refractivity contribution in [3.63, 3.8) is 0 Å². The highest BCUT2D eigenvalue weighted by Crippen LogP contribution is 2.40. The average Bonchev–Trinajstić information content (AvgIpc) is 3.10. The van der Waals surface area contributed by atoms with E-state index in [9.17, 15) is 9.18 Å². The molecule has 0 saturated heterocycles. The van der Waals surface area contributed by atoms with Gasteiger partial charge in [0.15, 0.2) is 0 Å². The van der Waals surface area contributed by atoms with E-state index < -0.39 is 0 Å². The number of nitrogens with zero attached hydrogens (tertiary/aromatic N) is 2. The molecule has 2 aromatic rings. The summed E-state index contributed by atoms with van der Waals surface area (Å²) >= 11 is 0. The standard InChI is InChI=1S/C20H24FN3O/c1-24(2)18-17(6-5-13-22-18)19(25)23-14-20(11-3-4-12-20)15-7-9-16(21)10-8-15/h5-10,13H,3-4,11-12,14H2,1-2H3,(H,23,25). The van der Waals surface area contributed by atoms with Crippen molar-refractivity contribution in [3.8, 4) is 0 Å². The molecule has 0 spiro atoms. The quantitative estimate of drug-likeness (QED) is 0.905. The largest absolute Gasteiger partial charge is 0.362 e. The van der Waals surface area contributed by atoms with Crippen LogP contribution in [0, 0.1) is 5.82 Å². The first-order valence-corrected chi connectivity index (χ1v) is 8.68. The lowest BCUT2D eigenvalue weighted by molar-refractivity contribution is 0.0943. The molecule has 1 aromatic heterocycles. The molecule has 1 aromatic carbocycles. The molecule has 0 aliphatic heterocycles. The normalized spacial score (nSPS) is 15.8. The molecule has 1 fully saturated rings. The lowest BCUT2D eigenvalue weighted by atomic mass is 9.78. The third-order valence-corrected chi connectivity index (χ3v) is 5.06. The lowest BCUT2D eigenvalue weighted by Gasteiger charge is -2.30. The number of carbonyl (C=O) groups excluding carboxylic acids is 1. The van der Waals surface area contributed by atoms with E-state index in [4.69, 9.17) is 0 Å². The van der Waals surface area contributed by atoms with Gasteiger partial charge in [0.1, 0.15) is 11.6 Å². The smallest absolute Gasteiger partial charge is 0.255 e. The SMILES string of the molecule is CN(C)c1ncccc1C(=O)NCC1(c2ccc(F)cc2)CCCC1. The fraction of sp³-hybridized carbons (Fsp3) is 0.400. The van der Waals surface area contributed by atoms with E-state index in [0.29, 0.717) is 17.9 Å². The van der Waals surface area contributed by atoms with Crippen LogP contribution < -0.4 is 10.2 Å². The molecule has 1 N–H and O–H groups in total. The molecule has 1 heterocycles. The van der Waals surface area contributed by atoms with Crippen LogP contribution in [0.15, 0.2) is 42.6 Å². The van der Waals surface area contributed by atoms with Gasteiger partial charge in [-0.3, -0.25) is 4.79 Å². The topological polar surface area (TPSA) is 45.2 Å². The molecular formula is C20H24FN3O. The summed E-state index contributed by atoms with van der Waals surface area (Å²) in [5.41, 5.74) is 1.56. The van der Waals surface area contributed by atoms with Gasteiger partial charge in [-0.2, -0.15) is 0 Å². The molecule has 0 bridgehead atoms. The molecule has 0 radical (unpaired) electrons. The summed E-state index contributed by atoms with van der Waals surface area (Å²) in [4.78, 5) is 18.8. The second kappa shape index (κ2) is 7.21. The fourth-order valence-electron chi connectivity index (χ4n) is 3.70. The maximum Gasteiger partial charge on any atom is 0.255 e. The summed E-state index contributed by atoms with van der Waals surface area (Å²) in [6.45, 7) is 0.555. The van der Waals surface area contributed by atoms with Crippen molar-refractivity contribution in [1.82, 2.24) is 10.3 Å². The van der Waals surface area contributed by atoms with Crippen molar-refractivity contribution < 1.29 is 9.18 Å². The zero-order chi connectivity index (χ0) is 17.9. The van der Waals surface area contributed by atoms with Gasteiger partial charge in [-0.1, -0.05) is 25.0 Å². The first-order chi connectivity index (χ1) is 12.0. The Labute approximate surface area is 148 Å². The summed E-state index contributed by atoms with van der Waals surface area (Å²) in [6, 6.07) is 10.3. The minimum absolute atomic E-state index is 0.107. The van der Waals surface area contributed by atoms with Crippen LogP contribution in [0.3, 0.4) is 0 Å². The zero-order valence-corrected chi connectivity index (χ0v) is 14.8. The van der Waals surface area contributed by atoms with Gasteiger partial charge in [0.05, 0.1) is 5.56 Å². The highest BCUT2D eigenvalue weighted by Gasteiger charge is 2.36. The number of hydrogen-bond donors (Lipinski definition) is 1. The number of benzene rings is 1. The second-order valence-corrected chi connectivity index (χ2v) is 6.95. The fourth-order valence-corrected chi connectivity index (χ4v) is 3.70. The molecule has 1 aliphatic rings. The van der Waals surface area contributed by atoms with Gasteiger partial charge in [-0.05, 0) is 42.7 Å². The number of nitrogens with one attached hydrogen (secondary N) is 1. The predicted molar refractivity (Wildman–Crippen MR) is 97.4 cm³/mol. The third kappa shape index (κ3) is 3.65. The van der Waals surface area contributed by atoms with Gasteiger partial charge in [0.2, 0.25) is 0 Å². The number of hydrogen-bond acceptors (Lipinski definition) is 3. The van der Waals surface area contributed by atoms with Crippen LogP contribution in [-0.2, 0) is 5.41 Å². The highest BCUT2D eigenvalue weighted by atomic mass is 19.1. The third-order valence-electron chi connectivity index (χ3n) is 5.06. The van der Waals surface area contributed by atoms with E-state index in [1.54, 1.807) is 18.3 Å². The van der Waals surface area contributed by atoms with Crippen LogP contribution in [-0.4, -0.2) is 31.5 Å². The molecule has 132 valence electrons. The Morgan fingerprint density at radius 1 is 1.20 bits per heavy atom. The van der Waals surface area contributed by atoms with E-state index in [-0.39, 0.29) is 17.1 Å². The summed E-state index contributed by atoms with van der Waals surface area (Å²) in [6.07, 6.45) is 5.95. The number of amides is 1. The van der Waals surface area contributed by atoms with E-state index >= 15 is 0 Å². The molecule has 0 unspecified atom stereocenters. The van der Waals surface area contributed by atoms with E-state index in [1.807, 2.05) is 31.1 Å². The van der Waals surface area contributed by atoms with Gasteiger partial charge in [-0.15, -0.1) is 0 Å². The Morgan fingerprint density at radius 3 is 2.52 bits per heavy atom. The van der Waals surface area contributed by atoms with Crippen molar-refractivity contribution in [2.24, 2.45) is 0 Å². The number of carbonyl (C=O) groups is 1. The van der Waals surface area contributed by atoms with E-state index in [1.165, 1.54) is 12.1 Å². The number of aromatic nitrogens is 1. The first kappa shape index (κ1) is 17.4. The molecule has 4 nitrogen and oxygen atoms in total. The van der Waals surface area contributed by atoms with Crippen LogP contribution in [0.1, 0.15) is 41.6 Å². The van der Waals surface area contributed by atoms with Crippen molar-refractivity contribution in [2.45, 2.75) is 31.1 Å². The highest BCUT2D eigenvalue weighted by molar-refractivity contribution is 5.98. The summed E-state index contributed by atoms with van der Waals surface area (Å²) in [5, 5.41) is 3.09. The molecule has 1 amide bonds. The Balaban J connectivity index is 1.79. The van der Waals surface area contributed by atoms with Crippen molar-refractivity contribution >= 4 is 11.7 Å². The molecule has 1 saturated carbocycles. The van der Waals surface area contributed by atoms with Gasteiger partial charge in [-0.25, -0.2) is 9.37 Å². The molecule has 0 atom stereocenters. The molecule has 1 aliphatic carbocycles. The van der Waals surface area contributed by atoms with Gasteiger partial charge in [0, 0.05) is 32.3 Å². The van der Waals surface area contributed by atoms with Crippen LogP contribution >= 0.6 is 0 Å². The summed E-state index contributed by atoms with van der Waals surface area (Å²) in [7, 11) is 3.74. The van der Waals surface area contributed by atoms with Crippen LogP contribution in [0.5, 0.6) is 0 Å². The van der Waals surface area contributed by atoms with Crippen LogP contribution in [0.2, 0.25) is 0 Å². The maximum atomic E-state index is 13.3. The second-order valence-electron chi connectivity index (χ2n) is 6.95. The average molecular weight is 341 g/mol. The number of halogens is 1.